The van der Waals surface area contributed by atoms with E-state index in [1.807, 2.05) is 0 Å². The maximum Gasteiger partial charge on any atom is 0.223 e. The van der Waals surface area contributed by atoms with Gasteiger partial charge in [0.25, 0.3) is 0 Å². The normalized spacial score (nSPS) is 20.3. The van der Waals surface area contributed by atoms with E-state index in [0.717, 1.165) is 19.4 Å². The maximum atomic E-state index is 12.4. The largest absolute Gasteiger partial charge is 0.352 e. The lowest BCUT2D eigenvalue weighted by Gasteiger charge is -2.25. The van der Waals surface area contributed by atoms with Crippen molar-refractivity contribution in [3.8, 4) is 0 Å². The SMILES string of the molecule is O=C(NCc1ccccc1C[NH+]1CCCCC1)C1CCCCC1. The molecule has 1 heterocycles. The van der Waals surface area contributed by atoms with Crippen LogP contribution in [0, 0.1) is 5.92 Å². The van der Waals surface area contributed by atoms with E-state index in [1.165, 1.54) is 62.7 Å². The number of carbonyl (C=O) groups is 1. The predicted octanol–water partition coefficient (Wildman–Crippen LogP) is 2.45. The molecule has 0 radical (unpaired) electrons. The van der Waals surface area contributed by atoms with Crippen LogP contribution in [0.5, 0.6) is 0 Å². The van der Waals surface area contributed by atoms with Gasteiger partial charge in [0.1, 0.15) is 6.54 Å². The molecule has 3 heteroatoms. The molecule has 126 valence electrons. The van der Waals surface area contributed by atoms with E-state index < -0.39 is 0 Å². The van der Waals surface area contributed by atoms with Crippen LogP contribution in [0.4, 0.5) is 0 Å². The van der Waals surface area contributed by atoms with Gasteiger partial charge >= 0.3 is 0 Å². The molecule has 0 unspecified atom stereocenters. The molecule has 0 atom stereocenters. The van der Waals surface area contributed by atoms with Crippen molar-refractivity contribution in [1.82, 2.24) is 5.32 Å². The highest BCUT2D eigenvalue weighted by molar-refractivity contribution is 5.78. The zero-order valence-electron chi connectivity index (χ0n) is 14.3. The Bertz CT molecular complexity index is 502. The third-order valence-corrected chi connectivity index (χ3v) is 5.55. The van der Waals surface area contributed by atoms with E-state index >= 15 is 0 Å². The maximum absolute atomic E-state index is 12.4. The van der Waals surface area contributed by atoms with Crippen LogP contribution in [0.1, 0.15) is 62.5 Å². The van der Waals surface area contributed by atoms with Crippen molar-refractivity contribution in [2.75, 3.05) is 13.1 Å². The van der Waals surface area contributed by atoms with Gasteiger partial charge in [0.05, 0.1) is 13.1 Å². The molecule has 0 aromatic heterocycles. The molecule has 1 saturated heterocycles. The van der Waals surface area contributed by atoms with Crippen molar-refractivity contribution in [2.24, 2.45) is 5.92 Å². The molecule has 2 aliphatic rings. The second kappa shape index (κ2) is 8.49. The molecule has 3 nitrogen and oxygen atoms in total. The first-order valence-corrected chi connectivity index (χ1v) is 9.51. The van der Waals surface area contributed by atoms with E-state index in [0.29, 0.717) is 6.54 Å². The number of likely N-dealkylation sites (tertiary alicyclic amines) is 1. The number of hydrogen-bond donors (Lipinski definition) is 2. The van der Waals surface area contributed by atoms with Crippen molar-refractivity contribution in [3.63, 3.8) is 0 Å². The molecule has 1 aromatic rings. The van der Waals surface area contributed by atoms with Gasteiger partial charge in [-0.05, 0) is 37.7 Å². The van der Waals surface area contributed by atoms with Gasteiger partial charge in [-0.25, -0.2) is 0 Å². The molecular formula is C20H31N2O+. The van der Waals surface area contributed by atoms with Gasteiger partial charge in [-0.1, -0.05) is 43.5 Å². The number of rotatable bonds is 5. The number of nitrogens with one attached hydrogen (secondary N) is 2. The first kappa shape index (κ1) is 16.5. The van der Waals surface area contributed by atoms with Crippen LogP contribution in [0.15, 0.2) is 24.3 Å². The van der Waals surface area contributed by atoms with E-state index in [9.17, 15) is 4.79 Å². The van der Waals surface area contributed by atoms with Crippen molar-refractivity contribution < 1.29 is 9.69 Å². The molecule has 0 spiro atoms. The summed E-state index contributed by atoms with van der Waals surface area (Å²) in [6.45, 7) is 4.39. The third-order valence-electron chi connectivity index (χ3n) is 5.55. The van der Waals surface area contributed by atoms with Crippen LogP contribution in [-0.4, -0.2) is 19.0 Å². The highest BCUT2D eigenvalue weighted by Crippen LogP contribution is 2.23. The number of quaternary nitrogens is 1. The molecule has 2 fully saturated rings. The highest BCUT2D eigenvalue weighted by atomic mass is 16.1. The Morgan fingerprint density at radius 3 is 2.35 bits per heavy atom. The minimum atomic E-state index is 0.253. The lowest BCUT2D eigenvalue weighted by Crippen LogP contribution is -3.11. The lowest BCUT2D eigenvalue weighted by atomic mass is 9.88. The molecular weight excluding hydrogens is 284 g/mol. The average molecular weight is 315 g/mol. The van der Waals surface area contributed by atoms with Crippen LogP contribution in [0.3, 0.4) is 0 Å². The monoisotopic (exact) mass is 315 g/mol. The quantitative estimate of drug-likeness (QED) is 0.860. The molecule has 1 aliphatic heterocycles. The van der Waals surface area contributed by atoms with Gasteiger partial charge in [-0.2, -0.15) is 0 Å². The average Bonchev–Trinajstić information content (AvgIpc) is 2.62. The molecule has 3 rings (SSSR count). The van der Waals surface area contributed by atoms with Gasteiger partial charge in [-0.15, -0.1) is 0 Å². The smallest absolute Gasteiger partial charge is 0.223 e. The van der Waals surface area contributed by atoms with E-state index in [4.69, 9.17) is 0 Å². The summed E-state index contributed by atoms with van der Waals surface area (Å²) in [6, 6.07) is 8.64. The standard InChI is InChI=1S/C20H30N2O/c23-20(17-9-3-1-4-10-17)21-15-18-11-5-6-12-19(18)16-22-13-7-2-8-14-22/h5-6,11-12,17H,1-4,7-10,13-16H2,(H,21,23)/p+1. The summed E-state index contributed by atoms with van der Waals surface area (Å²) in [7, 11) is 0. The number of piperidine rings is 1. The Labute approximate surface area is 140 Å². The third kappa shape index (κ3) is 4.81. The number of carbonyl (C=O) groups excluding carboxylic acids is 1. The van der Waals surface area contributed by atoms with Crippen molar-refractivity contribution in [3.05, 3.63) is 35.4 Å². The molecule has 23 heavy (non-hydrogen) atoms. The number of amides is 1. The van der Waals surface area contributed by atoms with Crippen LogP contribution in [0.2, 0.25) is 0 Å². The second-order valence-electron chi connectivity index (χ2n) is 7.31. The topological polar surface area (TPSA) is 33.5 Å². The summed E-state index contributed by atoms with van der Waals surface area (Å²) in [5, 5.41) is 3.20. The lowest BCUT2D eigenvalue weighted by molar-refractivity contribution is -0.918. The number of hydrogen-bond acceptors (Lipinski definition) is 1. The summed E-state index contributed by atoms with van der Waals surface area (Å²) < 4.78 is 0. The summed E-state index contributed by atoms with van der Waals surface area (Å²) >= 11 is 0. The molecule has 0 bridgehead atoms. The zero-order valence-corrected chi connectivity index (χ0v) is 14.3. The van der Waals surface area contributed by atoms with Gasteiger partial charge in [0.15, 0.2) is 0 Å². The Morgan fingerprint density at radius 1 is 0.957 bits per heavy atom. The summed E-state index contributed by atoms with van der Waals surface area (Å²) in [5.41, 5.74) is 2.71. The first-order valence-electron chi connectivity index (χ1n) is 9.51. The highest BCUT2D eigenvalue weighted by Gasteiger charge is 2.21. The van der Waals surface area contributed by atoms with Gasteiger partial charge < -0.3 is 10.2 Å². The Morgan fingerprint density at radius 2 is 1.61 bits per heavy atom. The second-order valence-corrected chi connectivity index (χ2v) is 7.31. The van der Waals surface area contributed by atoms with Gasteiger partial charge in [0, 0.05) is 18.0 Å². The molecule has 1 saturated carbocycles. The van der Waals surface area contributed by atoms with Crippen LogP contribution in [0.25, 0.3) is 0 Å². The van der Waals surface area contributed by atoms with Gasteiger partial charge in [-0.3, -0.25) is 4.79 Å². The van der Waals surface area contributed by atoms with Gasteiger partial charge in [0.2, 0.25) is 5.91 Å². The summed E-state index contributed by atoms with van der Waals surface area (Å²) in [5.74, 6) is 0.522. The minimum absolute atomic E-state index is 0.253. The minimum Gasteiger partial charge on any atom is -0.352 e. The summed E-state index contributed by atoms with van der Waals surface area (Å²) in [4.78, 5) is 14.1. The zero-order chi connectivity index (χ0) is 15.9. The Kier molecular flexibility index (Phi) is 6.09. The predicted molar refractivity (Wildman–Crippen MR) is 93.1 cm³/mol. The molecule has 2 N–H and O–H groups in total. The van der Waals surface area contributed by atoms with Crippen LogP contribution < -0.4 is 10.2 Å². The van der Waals surface area contributed by atoms with E-state index in [1.54, 1.807) is 4.90 Å². The number of benzene rings is 1. The Hall–Kier alpha value is -1.35. The van der Waals surface area contributed by atoms with Crippen molar-refractivity contribution in [1.29, 1.82) is 0 Å². The fraction of sp³-hybridized carbons (Fsp3) is 0.650. The van der Waals surface area contributed by atoms with E-state index in [2.05, 4.69) is 29.6 Å². The first-order chi connectivity index (χ1) is 11.3. The molecule has 1 aliphatic carbocycles. The van der Waals surface area contributed by atoms with Crippen LogP contribution >= 0.6 is 0 Å². The van der Waals surface area contributed by atoms with Crippen molar-refractivity contribution >= 4 is 5.91 Å². The fourth-order valence-corrected chi connectivity index (χ4v) is 4.09. The molecule has 1 amide bonds. The van der Waals surface area contributed by atoms with E-state index in [-0.39, 0.29) is 11.8 Å². The van der Waals surface area contributed by atoms with Crippen LogP contribution in [-0.2, 0) is 17.9 Å². The van der Waals surface area contributed by atoms with Crippen molar-refractivity contribution in [2.45, 2.75) is 64.5 Å². The fourth-order valence-electron chi connectivity index (χ4n) is 4.09. The summed E-state index contributed by atoms with van der Waals surface area (Å²) in [6.07, 6.45) is 9.98. The Balaban J connectivity index is 1.55. The molecule has 1 aromatic carbocycles.